The Kier molecular flexibility index (Phi) is 4.63. The van der Waals surface area contributed by atoms with Crippen LogP contribution < -0.4 is 10.2 Å². The van der Waals surface area contributed by atoms with Crippen LogP contribution in [-0.4, -0.2) is 18.4 Å². The van der Waals surface area contributed by atoms with E-state index in [0.29, 0.717) is 35.8 Å². The largest absolute Gasteiger partial charge is 0.348 e. The van der Waals surface area contributed by atoms with Gasteiger partial charge in [0.25, 0.3) is 5.91 Å². The number of hydrogen-bond donors (Lipinski definition) is 1. The van der Waals surface area contributed by atoms with Gasteiger partial charge in [0.05, 0.1) is 11.3 Å². The highest BCUT2D eigenvalue weighted by Crippen LogP contribution is 2.25. The molecule has 0 atom stereocenters. The van der Waals surface area contributed by atoms with E-state index in [1.54, 1.807) is 23.1 Å². The second-order valence-electron chi connectivity index (χ2n) is 5.48. The Labute approximate surface area is 140 Å². The number of rotatable bonds is 4. The fourth-order valence-electron chi connectivity index (χ4n) is 2.73. The van der Waals surface area contributed by atoms with Crippen LogP contribution in [0.3, 0.4) is 0 Å². The maximum Gasteiger partial charge on any atom is 0.253 e. The third-order valence-electron chi connectivity index (χ3n) is 3.85. The van der Waals surface area contributed by atoms with Crippen molar-refractivity contribution in [3.63, 3.8) is 0 Å². The zero-order chi connectivity index (χ0) is 16.2. The van der Waals surface area contributed by atoms with Crippen molar-refractivity contribution in [3.05, 3.63) is 64.7 Å². The van der Waals surface area contributed by atoms with Gasteiger partial charge in [0.2, 0.25) is 5.91 Å². The van der Waals surface area contributed by atoms with E-state index in [1.807, 2.05) is 30.3 Å². The highest BCUT2D eigenvalue weighted by Gasteiger charge is 2.25. The topological polar surface area (TPSA) is 49.4 Å². The molecule has 1 aliphatic heterocycles. The van der Waals surface area contributed by atoms with E-state index < -0.39 is 0 Å². The van der Waals surface area contributed by atoms with Gasteiger partial charge in [0.1, 0.15) is 0 Å². The molecule has 2 aromatic carbocycles. The first kappa shape index (κ1) is 15.6. The molecule has 2 amide bonds. The maximum absolute atomic E-state index is 12.5. The predicted molar refractivity (Wildman–Crippen MR) is 90.7 cm³/mol. The fraction of sp³-hybridized carbons (Fsp3) is 0.222. The summed E-state index contributed by atoms with van der Waals surface area (Å²) in [5.41, 5.74) is 2.13. The van der Waals surface area contributed by atoms with Gasteiger partial charge in [-0.3, -0.25) is 9.59 Å². The summed E-state index contributed by atoms with van der Waals surface area (Å²) in [7, 11) is 0. The zero-order valence-electron chi connectivity index (χ0n) is 12.6. The van der Waals surface area contributed by atoms with Gasteiger partial charge < -0.3 is 10.2 Å². The molecule has 0 bridgehead atoms. The number of anilines is 1. The number of carbonyl (C=O) groups excluding carboxylic acids is 2. The fourth-order valence-corrected chi connectivity index (χ4v) is 2.94. The lowest BCUT2D eigenvalue weighted by atomic mass is 10.1. The molecule has 0 spiro atoms. The molecule has 23 heavy (non-hydrogen) atoms. The van der Waals surface area contributed by atoms with Gasteiger partial charge in [-0.15, -0.1) is 0 Å². The molecule has 1 saturated heterocycles. The lowest BCUT2D eigenvalue weighted by Gasteiger charge is -2.19. The first-order chi connectivity index (χ1) is 11.1. The standard InChI is InChI=1S/C18H17ClN2O2/c19-14-6-3-5-13(11-14)12-20-18(23)15-7-1-2-8-16(15)21-10-4-9-17(21)22/h1-3,5-8,11H,4,9-10,12H2,(H,20,23). The van der Waals surface area contributed by atoms with Crippen molar-refractivity contribution < 1.29 is 9.59 Å². The minimum absolute atomic E-state index is 0.0695. The van der Waals surface area contributed by atoms with Crippen LogP contribution in [0.25, 0.3) is 0 Å². The summed E-state index contributed by atoms with van der Waals surface area (Å²) in [4.78, 5) is 26.1. The Hall–Kier alpha value is -2.33. The van der Waals surface area contributed by atoms with Gasteiger partial charge in [0, 0.05) is 24.5 Å². The molecule has 0 radical (unpaired) electrons. The molecule has 0 aliphatic carbocycles. The van der Waals surface area contributed by atoms with Crippen LogP contribution in [-0.2, 0) is 11.3 Å². The Morgan fingerprint density at radius 2 is 2.00 bits per heavy atom. The van der Waals surface area contributed by atoms with E-state index in [1.165, 1.54) is 0 Å². The number of halogens is 1. The van der Waals surface area contributed by atoms with Crippen LogP contribution >= 0.6 is 11.6 Å². The minimum atomic E-state index is -0.194. The van der Waals surface area contributed by atoms with Crippen molar-refractivity contribution >= 4 is 29.1 Å². The van der Waals surface area contributed by atoms with Gasteiger partial charge in [-0.05, 0) is 36.2 Å². The normalized spacial score (nSPS) is 14.1. The molecule has 1 fully saturated rings. The number of amides is 2. The molecule has 0 unspecified atom stereocenters. The average Bonchev–Trinajstić information content (AvgIpc) is 2.98. The third kappa shape index (κ3) is 3.54. The van der Waals surface area contributed by atoms with Gasteiger partial charge in [-0.2, -0.15) is 0 Å². The van der Waals surface area contributed by atoms with Crippen LogP contribution in [0.1, 0.15) is 28.8 Å². The zero-order valence-corrected chi connectivity index (χ0v) is 13.3. The maximum atomic E-state index is 12.5. The van der Waals surface area contributed by atoms with Crippen molar-refractivity contribution in [3.8, 4) is 0 Å². The lowest BCUT2D eigenvalue weighted by molar-refractivity contribution is -0.117. The summed E-state index contributed by atoms with van der Waals surface area (Å²) < 4.78 is 0. The van der Waals surface area contributed by atoms with E-state index >= 15 is 0 Å². The molecule has 1 aliphatic rings. The Bertz CT molecular complexity index is 745. The Balaban J connectivity index is 1.76. The van der Waals surface area contributed by atoms with E-state index in [0.717, 1.165) is 12.0 Å². The van der Waals surface area contributed by atoms with Crippen LogP contribution in [0.5, 0.6) is 0 Å². The molecule has 0 saturated carbocycles. The first-order valence-electron chi connectivity index (χ1n) is 7.57. The molecule has 0 aromatic heterocycles. The molecule has 3 rings (SSSR count). The average molecular weight is 329 g/mol. The van der Waals surface area contributed by atoms with Gasteiger partial charge in [-0.25, -0.2) is 0 Å². The summed E-state index contributed by atoms with van der Waals surface area (Å²) in [6.07, 6.45) is 1.37. The highest BCUT2D eigenvalue weighted by molar-refractivity contribution is 6.30. The molecular weight excluding hydrogens is 312 g/mol. The highest BCUT2D eigenvalue weighted by atomic mass is 35.5. The number of nitrogens with zero attached hydrogens (tertiary/aromatic N) is 1. The Morgan fingerprint density at radius 1 is 1.17 bits per heavy atom. The number of para-hydroxylation sites is 1. The smallest absolute Gasteiger partial charge is 0.253 e. The number of hydrogen-bond acceptors (Lipinski definition) is 2. The van der Waals surface area contributed by atoms with Crippen LogP contribution in [0.4, 0.5) is 5.69 Å². The molecule has 1 N–H and O–H groups in total. The number of benzene rings is 2. The minimum Gasteiger partial charge on any atom is -0.348 e. The second kappa shape index (κ2) is 6.84. The first-order valence-corrected chi connectivity index (χ1v) is 7.95. The predicted octanol–water partition coefficient (Wildman–Crippen LogP) is 3.40. The van der Waals surface area contributed by atoms with Gasteiger partial charge in [0.15, 0.2) is 0 Å². The summed E-state index contributed by atoms with van der Waals surface area (Å²) in [6, 6.07) is 14.6. The van der Waals surface area contributed by atoms with Crippen molar-refractivity contribution in [2.75, 3.05) is 11.4 Å². The third-order valence-corrected chi connectivity index (χ3v) is 4.09. The number of nitrogens with one attached hydrogen (secondary N) is 1. The lowest BCUT2D eigenvalue weighted by Crippen LogP contribution is -2.29. The van der Waals surface area contributed by atoms with Gasteiger partial charge >= 0.3 is 0 Å². The summed E-state index contributed by atoms with van der Waals surface area (Å²) >= 11 is 5.95. The van der Waals surface area contributed by atoms with Crippen molar-refractivity contribution in [2.45, 2.75) is 19.4 Å². The SMILES string of the molecule is O=C(NCc1cccc(Cl)c1)c1ccccc1N1CCCC1=O. The van der Waals surface area contributed by atoms with Crippen molar-refractivity contribution in [1.82, 2.24) is 5.32 Å². The molecule has 1 heterocycles. The molecular formula is C18H17ClN2O2. The summed E-state index contributed by atoms with van der Waals surface area (Å²) in [6.45, 7) is 1.05. The molecule has 2 aromatic rings. The van der Waals surface area contributed by atoms with Crippen molar-refractivity contribution in [1.29, 1.82) is 0 Å². The van der Waals surface area contributed by atoms with E-state index in [2.05, 4.69) is 5.32 Å². The second-order valence-corrected chi connectivity index (χ2v) is 5.92. The van der Waals surface area contributed by atoms with Crippen LogP contribution in [0.2, 0.25) is 5.02 Å². The van der Waals surface area contributed by atoms with Crippen LogP contribution in [0, 0.1) is 0 Å². The van der Waals surface area contributed by atoms with Gasteiger partial charge in [-0.1, -0.05) is 35.9 Å². The monoisotopic (exact) mass is 328 g/mol. The van der Waals surface area contributed by atoms with Crippen LogP contribution in [0.15, 0.2) is 48.5 Å². The molecule has 118 valence electrons. The molecule has 4 nitrogen and oxygen atoms in total. The Morgan fingerprint density at radius 3 is 2.74 bits per heavy atom. The summed E-state index contributed by atoms with van der Waals surface area (Å²) in [5.74, 6) is -0.125. The molecule has 5 heteroatoms. The van der Waals surface area contributed by atoms with E-state index in [-0.39, 0.29) is 11.8 Å². The van der Waals surface area contributed by atoms with E-state index in [9.17, 15) is 9.59 Å². The number of carbonyl (C=O) groups is 2. The summed E-state index contributed by atoms with van der Waals surface area (Å²) in [5, 5.41) is 3.52. The van der Waals surface area contributed by atoms with Crippen molar-refractivity contribution in [2.24, 2.45) is 0 Å². The van der Waals surface area contributed by atoms with E-state index in [4.69, 9.17) is 11.6 Å². The quantitative estimate of drug-likeness (QED) is 0.935.